The topological polar surface area (TPSA) is 99.0 Å². The summed E-state index contributed by atoms with van der Waals surface area (Å²) in [6.45, 7) is 2.80. The summed E-state index contributed by atoms with van der Waals surface area (Å²) in [5, 5.41) is 15.0. The quantitative estimate of drug-likeness (QED) is 0.363. The van der Waals surface area contributed by atoms with Crippen LogP contribution in [-0.2, 0) is 14.3 Å². The van der Waals surface area contributed by atoms with Crippen molar-refractivity contribution in [3.63, 3.8) is 0 Å². The number of tetrazole rings is 1. The van der Waals surface area contributed by atoms with Gasteiger partial charge in [0.1, 0.15) is 0 Å². The lowest BCUT2D eigenvalue weighted by atomic mass is 10.2. The Morgan fingerprint density at radius 1 is 1.19 bits per heavy atom. The standard InChI is InChI=1S/C17H23N5O3S/c1-2-25-16(24)11-7-4-8-12-18-15(23)13-26-17-19-20-21-22(17)14-9-5-3-6-10-14/h3,5-6,9-10H,2,4,7-8,11-13H2,1H3,(H,18,23). The third-order valence-corrected chi connectivity index (χ3v) is 4.38. The average molecular weight is 377 g/mol. The van der Waals surface area contributed by atoms with Crippen LogP contribution >= 0.6 is 11.8 Å². The number of carbonyl (C=O) groups excluding carboxylic acids is 2. The first-order valence-corrected chi connectivity index (χ1v) is 9.58. The zero-order valence-electron chi connectivity index (χ0n) is 14.8. The molecule has 8 nitrogen and oxygen atoms in total. The molecule has 1 heterocycles. The van der Waals surface area contributed by atoms with Crippen LogP contribution < -0.4 is 5.32 Å². The van der Waals surface area contributed by atoms with E-state index in [1.807, 2.05) is 30.3 Å². The van der Waals surface area contributed by atoms with Crippen LogP contribution in [0, 0.1) is 0 Å². The van der Waals surface area contributed by atoms with Gasteiger partial charge < -0.3 is 10.1 Å². The second-order valence-electron chi connectivity index (χ2n) is 5.46. The molecule has 26 heavy (non-hydrogen) atoms. The Bertz CT molecular complexity index is 693. The van der Waals surface area contributed by atoms with Crippen LogP contribution in [0.5, 0.6) is 0 Å². The molecular formula is C17H23N5O3S. The Morgan fingerprint density at radius 3 is 2.77 bits per heavy atom. The van der Waals surface area contributed by atoms with Crippen molar-refractivity contribution in [2.45, 2.75) is 37.8 Å². The summed E-state index contributed by atoms with van der Waals surface area (Å²) in [7, 11) is 0. The number of rotatable bonds is 11. The third kappa shape index (κ3) is 6.83. The van der Waals surface area contributed by atoms with E-state index in [2.05, 4.69) is 20.8 Å². The van der Waals surface area contributed by atoms with Gasteiger partial charge in [0.25, 0.3) is 0 Å². The number of amides is 1. The van der Waals surface area contributed by atoms with Gasteiger partial charge in [-0.1, -0.05) is 36.4 Å². The van der Waals surface area contributed by atoms with Crippen molar-refractivity contribution in [1.29, 1.82) is 0 Å². The molecule has 0 aliphatic carbocycles. The maximum atomic E-state index is 11.9. The lowest BCUT2D eigenvalue weighted by molar-refractivity contribution is -0.143. The Balaban J connectivity index is 1.63. The number of aromatic nitrogens is 4. The summed E-state index contributed by atoms with van der Waals surface area (Å²) >= 11 is 1.29. The highest BCUT2D eigenvalue weighted by atomic mass is 32.2. The van der Waals surface area contributed by atoms with Gasteiger partial charge >= 0.3 is 5.97 Å². The molecule has 1 N–H and O–H groups in total. The molecule has 1 aromatic heterocycles. The van der Waals surface area contributed by atoms with E-state index in [9.17, 15) is 9.59 Å². The summed E-state index contributed by atoms with van der Waals surface area (Å²) < 4.78 is 6.47. The number of hydrogen-bond acceptors (Lipinski definition) is 7. The first-order chi connectivity index (χ1) is 12.7. The molecular weight excluding hydrogens is 354 g/mol. The molecule has 9 heteroatoms. The SMILES string of the molecule is CCOC(=O)CCCCCNC(=O)CSc1nnnn1-c1ccccc1. The molecule has 0 spiro atoms. The first kappa shape index (κ1) is 19.9. The van der Waals surface area contributed by atoms with Crippen molar-refractivity contribution < 1.29 is 14.3 Å². The van der Waals surface area contributed by atoms with E-state index in [1.54, 1.807) is 11.6 Å². The van der Waals surface area contributed by atoms with Crippen LogP contribution in [0.15, 0.2) is 35.5 Å². The fraction of sp³-hybridized carbons (Fsp3) is 0.471. The van der Waals surface area contributed by atoms with Crippen molar-refractivity contribution in [2.75, 3.05) is 18.9 Å². The molecule has 1 amide bonds. The largest absolute Gasteiger partial charge is 0.466 e. The molecule has 0 fully saturated rings. The van der Waals surface area contributed by atoms with Crippen LogP contribution in [0.1, 0.15) is 32.6 Å². The highest BCUT2D eigenvalue weighted by Crippen LogP contribution is 2.17. The second-order valence-corrected chi connectivity index (χ2v) is 6.41. The molecule has 2 aromatic rings. The van der Waals surface area contributed by atoms with Crippen LogP contribution in [0.25, 0.3) is 5.69 Å². The van der Waals surface area contributed by atoms with Crippen molar-refractivity contribution in [3.05, 3.63) is 30.3 Å². The number of para-hydroxylation sites is 1. The van der Waals surface area contributed by atoms with Crippen molar-refractivity contribution in [1.82, 2.24) is 25.5 Å². The number of benzene rings is 1. The summed E-state index contributed by atoms with van der Waals surface area (Å²) in [5.74, 6) is 0.0165. The predicted octanol–water partition coefficient (Wildman–Crippen LogP) is 1.99. The maximum Gasteiger partial charge on any atom is 0.305 e. The normalized spacial score (nSPS) is 10.5. The minimum Gasteiger partial charge on any atom is -0.466 e. The van der Waals surface area contributed by atoms with E-state index in [0.29, 0.717) is 24.7 Å². The molecule has 0 bridgehead atoms. The van der Waals surface area contributed by atoms with E-state index < -0.39 is 0 Å². The van der Waals surface area contributed by atoms with Crippen LogP contribution in [0.4, 0.5) is 0 Å². The Labute approximate surface area is 156 Å². The second kappa shape index (κ2) is 11.2. The van der Waals surface area contributed by atoms with Crippen molar-refractivity contribution >= 4 is 23.6 Å². The van der Waals surface area contributed by atoms with Gasteiger partial charge in [-0.15, -0.1) is 5.10 Å². The van der Waals surface area contributed by atoms with E-state index >= 15 is 0 Å². The van der Waals surface area contributed by atoms with Gasteiger partial charge in [0, 0.05) is 13.0 Å². The molecule has 1 aromatic carbocycles. The van der Waals surface area contributed by atoms with Crippen LogP contribution in [-0.4, -0.2) is 51.0 Å². The Morgan fingerprint density at radius 2 is 2.00 bits per heavy atom. The zero-order valence-corrected chi connectivity index (χ0v) is 15.6. The number of hydrogen-bond donors (Lipinski definition) is 1. The van der Waals surface area contributed by atoms with Gasteiger partial charge in [0.15, 0.2) is 0 Å². The predicted molar refractivity (Wildman–Crippen MR) is 98.0 cm³/mol. The van der Waals surface area contributed by atoms with Crippen molar-refractivity contribution in [3.8, 4) is 5.69 Å². The fourth-order valence-electron chi connectivity index (χ4n) is 2.21. The molecule has 0 radical (unpaired) electrons. The summed E-state index contributed by atoms with van der Waals surface area (Å²) in [5.41, 5.74) is 0.849. The van der Waals surface area contributed by atoms with E-state index in [-0.39, 0.29) is 17.6 Å². The molecule has 140 valence electrons. The van der Waals surface area contributed by atoms with Crippen LogP contribution in [0.2, 0.25) is 0 Å². The van der Waals surface area contributed by atoms with E-state index in [4.69, 9.17) is 4.74 Å². The monoisotopic (exact) mass is 377 g/mol. The number of nitrogens with one attached hydrogen (secondary N) is 1. The third-order valence-electron chi connectivity index (χ3n) is 3.46. The first-order valence-electron chi connectivity index (χ1n) is 8.59. The van der Waals surface area contributed by atoms with E-state index in [0.717, 1.165) is 24.9 Å². The average Bonchev–Trinajstić information content (AvgIpc) is 3.12. The minimum atomic E-state index is -0.163. The highest BCUT2D eigenvalue weighted by Gasteiger charge is 2.11. The van der Waals surface area contributed by atoms with Crippen molar-refractivity contribution in [2.24, 2.45) is 0 Å². The minimum absolute atomic E-state index is 0.0667. The van der Waals surface area contributed by atoms with Gasteiger partial charge in [-0.25, -0.2) is 0 Å². The number of esters is 1. The number of unbranched alkanes of at least 4 members (excludes halogenated alkanes) is 2. The molecule has 0 saturated carbocycles. The van der Waals surface area contributed by atoms with Gasteiger partial charge in [0.05, 0.1) is 18.0 Å². The van der Waals surface area contributed by atoms with Gasteiger partial charge in [-0.3, -0.25) is 9.59 Å². The van der Waals surface area contributed by atoms with Crippen LogP contribution in [0.3, 0.4) is 0 Å². The van der Waals surface area contributed by atoms with Gasteiger partial charge in [-0.2, -0.15) is 4.68 Å². The summed E-state index contributed by atoms with van der Waals surface area (Å²) in [6, 6.07) is 9.52. The number of nitrogens with zero attached hydrogens (tertiary/aromatic N) is 4. The Kier molecular flexibility index (Phi) is 8.61. The number of carbonyl (C=O) groups is 2. The molecule has 0 saturated heterocycles. The number of thioether (sulfide) groups is 1. The lowest BCUT2D eigenvalue weighted by Gasteiger charge is -2.06. The number of ether oxygens (including phenoxy) is 1. The maximum absolute atomic E-state index is 11.9. The molecule has 0 aliphatic heterocycles. The molecule has 2 rings (SSSR count). The smallest absolute Gasteiger partial charge is 0.305 e. The summed E-state index contributed by atoms with van der Waals surface area (Å²) in [6.07, 6.45) is 2.91. The van der Waals surface area contributed by atoms with Gasteiger partial charge in [-0.05, 0) is 42.3 Å². The van der Waals surface area contributed by atoms with Gasteiger partial charge in [0.2, 0.25) is 11.1 Å². The molecule has 0 atom stereocenters. The Hall–Kier alpha value is -2.42. The summed E-state index contributed by atoms with van der Waals surface area (Å²) in [4.78, 5) is 23.1. The fourth-order valence-corrected chi connectivity index (χ4v) is 2.93. The molecule has 0 unspecified atom stereocenters. The zero-order chi connectivity index (χ0) is 18.6. The lowest BCUT2D eigenvalue weighted by Crippen LogP contribution is -2.26. The molecule has 0 aliphatic rings. The highest BCUT2D eigenvalue weighted by molar-refractivity contribution is 7.99. The van der Waals surface area contributed by atoms with E-state index in [1.165, 1.54) is 11.8 Å².